The van der Waals surface area contributed by atoms with Crippen molar-refractivity contribution in [3.63, 3.8) is 0 Å². The Hall–Kier alpha value is -3.81. The molecule has 5 nitrogen and oxygen atoms in total. The first-order valence-electron chi connectivity index (χ1n) is 9.52. The van der Waals surface area contributed by atoms with Gasteiger partial charge in [-0.2, -0.15) is 18.3 Å². The number of rotatable bonds is 4. The largest absolute Gasteiger partial charge is 0.418 e. The molecule has 3 aromatic carbocycles. The molecular formula is C23H19F3N4O. The van der Waals surface area contributed by atoms with Crippen LogP contribution in [0.25, 0.3) is 10.9 Å². The number of alkyl halides is 3. The highest BCUT2D eigenvalue weighted by Gasteiger charge is 2.34. The highest BCUT2D eigenvalue weighted by molar-refractivity contribution is 6.05. The minimum atomic E-state index is -4.47. The molecule has 1 aromatic heterocycles. The van der Waals surface area contributed by atoms with Crippen LogP contribution in [0.2, 0.25) is 0 Å². The third-order valence-corrected chi connectivity index (χ3v) is 5.10. The zero-order valence-electron chi connectivity index (χ0n) is 16.6. The van der Waals surface area contributed by atoms with Crippen molar-refractivity contribution in [1.82, 2.24) is 9.78 Å². The van der Waals surface area contributed by atoms with E-state index in [2.05, 4.69) is 10.4 Å². The molecule has 0 unspecified atom stereocenters. The lowest BCUT2D eigenvalue weighted by Crippen LogP contribution is -2.13. The fourth-order valence-electron chi connectivity index (χ4n) is 3.40. The van der Waals surface area contributed by atoms with Crippen LogP contribution in [-0.4, -0.2) is 15.7 Å². The minimum absolute atomic E-state index is 0.0658. The molecule has 0 aliphatic rings. The number of benzene rings is 3. The lowest BCUT2D eigenvalue weighted by atomic mass is 10.1. The monoisotopic (exact) mass is 424 g/mol. The van der Waals surface area contributed by atoms with Gasteiger partial charge in [0.2, 0.25) is 0 Å². The van der Waals surface area contributed by atoms with Gasteiger partial charge in [-0.25, -0.2) is 0 Å². The van der Waals surface area contributed by atoms with E-state index in [-0.39, 0.29) is 18.0 Å². The summed E-state index contributed by atoms with van der Waals surface area (Å²) in [6.07, 6.45) is -4.47. The first-order chi connectivity index (χ1) is 14.7. The molecule has 3 N–H and O–H groups in total. The molecule has 0 aliphatic heterocycles. The highest BCUT2D eigenvalue weighted by atomic mass is 19.4. The van der Waals surface area contributed by atoms with Gasteiger partial charge in [0.1, 0.15) is 5.52 Å². The van der Waals surface area contributed by atoms with Crippen LogP contribution < -0.4 is 11.1 Å². The molecule has 4 rings (SSSR count). The zero-order chi connectivity index (χ0) is 22.2. The highest BCUT2D eigenvalue weighted by Crippen LogP contribution is 2.35. The number of halogens is 3. The first kappa shape index (κ1) is 20.5. The van der Waals surface area contributed by atoms with E-state index >= 15 is 0 Å². The molecule has 0 fully saturated rings. The van der Waals surface area contributed by atoms with Crippen molar-refractivity contribution >= 4 is 28.2 Å². The Morgan fingerprint density at radius 3 is 2.42 bits per heavy atom. The van der Waals surface area contributed by atoms with Crippen molar-refractivity contribution in [2.45, 2.75) is 19.6 Å². The number of aryl methyl sites for hydroxylation is 1. The van der Waals surface area contributed by atoms with Gasteiger partial charge in [0.15, 0.2) is 0 Å². The summed E-state index contributed by atoms with van der Waals surface area (Å²) in [5.41, 5.74) is 7.90. The van der Waals surface area contributed by atoms with E-state index in [0.29, 0.717) is 28.0 Å². The van der Waals surface area contributed by atoms with Gasteiger partial charge in [0.05, 0.1) is 23.5 Å². The lowest BCUT2D eigenvalue weighted by Gasteiger charge is -2.09. The second-order valence-electron chi connectivity index (χ2n) is 7.18. The standard InChI is InChI=1S/C23H19F3N4O/c1-14-17-5-4-6-18(23(24,25)26)21(17)29-30(14)13-15-9-11-16(12-10-15)22(31)28-20-8-3-2-7-19(20)27/h2-12H,13,27H2,1H3,(H,28,31). The Labute approximate surface area is 176 Å². The number of hydrogen-bond acceptors (Lipinski definition) is 3. The van der Waals surface area contributed by atoms with Crippen LogP contribution in [0.4, 0.5) is 24.5 Å². The van der Waals surface area contributed by atoms with Crippen molar-refractivity contribution in [2.75, 3.05) is 11.1 Å². The van der Waals surface area contributed by atoms with Gasteiger partial charge in [0.25, 0.3) is 5.91 Å². The smallest absolute Gasteiger partial charge is 0.397 e. The average molecular weight is 424 g/mol. The molecule has 158 valence electrons. The van der Waals surface area contributed by atoms with E-state index in [1.807, 2.05) is 0 Å². The zero-order valence-corrected chi connectivity index (χ0v) is 16.6. The van der Waals surface area contributed by atoms with Gasteiger partial charge in [-0.05, 0) is 42.8 Å². The maximum absolute atomic E-state index is 13.3. The number of nitrogens with zero attached hydrogens (tertiary/aromatic N) is 2. The van der Waals surface area contributed by atoms with Gasteiger partial charge in [0, 0.05) is 16.6 Å². The summed E-state index contributed by atoms with van der Waals surface area (Å²) in [6.45, 7) is 2.02. The lowest BCUT2D eigenvalue weighted by molar-refractivity contribution is -0.136. The van der Waals surface area contributed by atoms with E-state index < -0.39 is 11.7 Å². The predicted molar refractivity (Wildman–Crippen MR) is 114 cm³/mol. The van der Waals surface area contributed by atoms with Gasteiger partial charge < -0.3 is 11.1 Å². The minimum Gasteiger partial charge on any atom is -0.397 e. The number of nitrogen functional groups attached to an aromatic ring is 1. The van der Waals surface area contributed by atoms with E-state index in [4.69, 9.17) is 5.73 Å². The molecule has 1 heterocycles. The molecule has 0 saturated carbocycles. The van der Waals surface area contributed by atoms with Crippen LogP contribution >= 0.6 is 0 Å². The fraction of sp³-hybridized carbons (Fsp3) is 0.130. The van der Waals surface area contributed by atoms with Gasteiger partial charge in [-0.3, -0.25) is 9.48 Å². The van der Waals surface area contributed by atoms with Crippen molar-refractivity contribution in [3.05, 3.63) is 89.1 Å². The Balaban J connectivity index is 1.56. The van der Waals surface area contributed by atoms with Gasteiger partial charge in [-0.1, -0.05) is 36.4 Å². The van der Waals surface area contributed by atoms with Crippen LogP contribution in [-0.2, 0) is 12.7 Å². The average Bonchev–Trinajstić information content (AvgIpc) is 3.05. The van der Waals surface area contributed by atoms with E-state index in [0.717, 1.165) is 11.6 Å². The quantitative estimate of drug-likeness (QED) is 0.440. The summed E-state index contributed by atoms with van der Waals surface area (Å²) in [4.78, 5) is 12.4. The Kier molecular flexibility index (Phi) is 5.14. The van der Waals surface area contributed by atoms with Gasteiger partial charge in [-0.15, -0.1) is 0 Å². The molecule has 31 heavy (non-hydrogen) atoms. The molecule has 0 saturated heterocycles. The second-order valence-corrected chi connectivity index (χ2v) is 7.18. The predicted octanol–water partition coefficient (Wildman–Crippen LogP) is 5.25. The Morgan fingerprint density at radius 2 is 1.74 bits per heavy atom. The van der Waals surface area contributed by atoms with Crippen molar-refractivity contribution < 1.29 is 18.0 Å². The molecule has 0 radical (unpaired) electrons. The Morgan fingerprint density at radius 1 is 1.03 bits per heavy atom. The summed E-state index contributed by atoms with van der Waals surface area (Å²) in [5.74, 6) is -0.305. The van der Waals surface area contributed by atoms with E-state index in [1.54, 1.807) is 66.2 Å². The van der Waals surface area contributed by atoms with E-state index in [9.17, 15) is 18.0 Å². The number of aromatic nitrogens is 2. The molecular weight excluding hydrogens is 405 g/mol. The molecule has 4 aromatic rings. The summed E-state index contributed by atoms with van der Waals surface area (Å²) >= 11 is 0. The van der Waals surface area contributed by atoms with Gasteiger partial charge >= 0.3 is 6.18 Å². The number of anilines is 2. The van der Waals surface area contributed by atoms with Crippen LogP contribution in [0.3, 0.4) is 0 Å². The third-order valence-electron chi connectivity index (χ3n) is 5.10. The van der Waals surface area contributed by atoms with Crippen LogP contribution in [0.15, 0.2) is 66.7 Å². The fourth-order valence-corrected chi connectivity index (χ4v) is 3.40. The topological polar surface area (TPSA) is 72.9 Å². The molecule has 1 amide bonds. The van der Waals surface area contributed by atoms with E-state index in [1.165, 1.54) is 6.07 Å². The maximum Gasteiger partial charge on any atom is 0.418 e. The molecule has 8 heteroatoms. The second kappa shape index (κ2) is 7.79. The maximum atomic E-state index is 13.3. The number of carbonyl (C=O) groups excluding carboxylic acids is 1. The third kappa shape index (κ3) is 4.09. The molecule has 0 bridgehead atoms. The normalized spacial score (nSPS) is 11.6. The number of carbonyl (C=O) groups is 1. The summed E-state index contributed by atoms with van der Waals surface area (Å²) in [6, 6.07) is 17.8. The summed E-state index contributed by atoms with van der Waals surface area (Å²) in [7, 11) is 0. The van der Waals surface area contributed by atoms with Crippen molar-refractivity contribution in [1.29, 1.82) is 0 Å². The molecule has 0 aliphatic carbocycles. The SMILES string of the molecule is Cc1c2cccc(C(F)(F)F)c2nn1Cc1ccc(C(=O)Nc2ccccc2N)cc1. The molecule has 0 spiro atoms. The summed E-state index contributed by atoms with van der Waals surface area (Å²) < 4.78 is 41.4. The van der Waals surface area contributed by atoms with Crippen LogP contribution in [0, 0.1) is 6.92 Å². The molecule has 0 atom stereocenters. The number of nitrogens with two attached hydrogens (primary N) is 1. The van der Waals surface area contributed by atoms with Crippen LogP contribution in [0.1, 0.15) is 27.2 Å². The number of para-hydroxylation sites is 2. The van der Waals surface area contributed by atoms with Crippen molar-refractivity contribution in [2.24, 2.45) is 0 Å². The Bertz CT molecular complexity index is 1260. The first-order valence-corrected chi connectivity index (χ1v) is 9.52. The number of nitrogens with one attached hydrogen (secondary N) is 1. The van der Waals surface area contributed by atoms with Crippen molar-refractivity contribution in [3.8, 4) is 0 Å². The summed E-state index contributed by atoms with van der Waals surface area (Å²) in [5, 5.41) is 7.42. The number of fused-ring (bicyclic) bond motifs is 1. The number of amides is 1. The number of hydrogen-bond donors (Lipinski definition) is 2. The van der Waals surface area contributed by atoms with Crippen LogP contribution in [0.5, 0.6) is 0 Å².